The van der Waals surface area contributed by atoms with Crippen molar-refractivity contribution in [1.82, 2.24) is 0 Å². The first kappa shape index (κ1) is 16.5. The molecule has 2 amide bonds. The first-order chi connectivity index (χ1) is 11.1. The van der Waals surface area contributed by atoms with Crippen molar-refractivity contribution < 1.29 is 14.3 Å². The Balaban J connectivity index is 1.95. The van der Waals surface area contributed by atoms with Gasteiger partial charge in [0.1, 0.15) is 5.75 Å². The largest absolute Gasteiger partial charge is 0.419 e. The van der Waals surface area contributed by atoms with Crippen molar-refractivity contribution >= 4 is 23.4 Å². The van der Waals surface area contributed by atoms with Crippen molar-refractivity contribution in [3.63, 3.8) is 0 Å². The van der Waals surface area contributed by atoms with Gasteiger partial charge in [-0.2, -0.15) is 0 Å². The van der Waals surface area contributed by atoms with Crippen LogP contribution in [0.3, 0.4) is 0 Å². The van der Waals surface area contributed by atoms with Crippen LogP contribution in [0.25, 0.3) is 0 Å². The number of carbonyl (C=O) groups is 2. The molecule has 0 saturated heterocycles. The standard InChI is InChI=1S/C18H20N2O3/c1-3-7-17(21)19-14-10-12-16(13-11-14)23-18(22)20(2)15-8-5-4-6-9-15/h4-6,8-13H,3,7H2,1-2H3,(H,19,21). The van der Waals surface area contributed by atoms with Crippen LogP contribution in [-0.4, -0.2) is 19.0 Å². The van der Waals surface area contributed by atoms with E-state index in [1.54, 1.807) is 31.3 Å². The van der Waals surface area contributed by atoms with Gasteiger partial charge in [0.2, 0.25) is 5.91 Å². The predicted octanol–water partition coefficient (Wildman–Crippen LogP) is 4.06. The van der Waals surface area contributed by atoms with E-state index in [-0.39, 0.29) is 5.91 Å². The van der Waals surface area contributed by atoms with Crippen LogP contribution < -0.4 is 15.0 Å². The van der Waals surface area contributed by atoms with Crippen LogP contribution in [0.1, 0.15) is 19.8 Å². The zero-order chi connectivity index (χ0) is 16.7. The number of benzene rings is 2. The molecule has 0 aliphatic rings. The molecule has 2 rings (SSSR count). The highest BCUT2D eigenvalue weighted by Crippen LogP contribution is 2.18. The smallest absolute Gasteiger partial charge is 0.410 e. The lowest BCUT2D eigenvalue weighted by atomic mass is 10.2. The van der Waals surface area contributed by atoms with E-state index in [4.69, 9.17) is 4.74 Å². The molecular weight excluding hydrogens is 292 g/mol. The molecule has 0 atom stereocenters. The average molecular weight is 312 g/mol. The Bertz CT molecular complexity index is 654. The number of para-hydroxylation sites is 1. The SMILES string of the molecule is CCCC(=O)Nc1ccc(OC(=O)N(C)c2ccccc2)cc1. The average Bonchev–Trinajstić information content (AvgIpc) is 2.57. The van der Waals surface area contributed by atoms with Crippen molar-refractivity contribution in [1.29, 1.82) is 0 Å². The topological polar surface area (TPSA) is 58.6 Å². The van der Waals surface area contributed by atoms with Gasteiger partial charge >= 0.3 is 6.09 Å². The maximum absolute atomic E-state index is 12.1. The third-order valence-electron chi connectivity index (χ3n) is 3.24. The van der Waals surface area contributed by atoms with E-state index in [1.165, 1.54) is 4.90 Å². The number of nitrogens with zero attached hydrogens (tertiary/aromatic N) is 1. The third-order valence-corrected chi connectivity index (χ3v) is 3.24. The minimum atomic E-state index is -0.473. The second kappa shape index (κ2) is 7.98. The zero-order valence-corrected chi connectivity index (χ0v) is 13.3. The van der Waals surface area contributed by atoms with Crippen molar-refractivity contribution in [2.45, 2.75) is 19.8 Å². The molecule has 120 valence electrons. The zero-order valence-electron chi connectivity index (χ0n) is 13.3. The highest BCUT2D eigenvalue weighted by Gasteiger charge is 2.13. The van der Waals surface area contributed by atoms with Gasteiger partial charge in [-0.25, -0.2) is 4.79 Å². The normalized spacial score (nSPS) is 10.0. The molecule has 0 fully saturated rings. The van der Waals surface area contributed by atoms with Gasteiger partial charge in [0.15, 0.2) is 0 Å². The molecule has 0 heterocycles. The monoisotopic (exact) mass is 312 g/mol. The number of amides is 2. The fraction of sp³-hybridized carbons (Fsp3) is 0.222. The summed E-state index contributed by atoms with van der Waals surface area (Å²) in [5.74, 6) is 0.396. The van der Waals surface area contributed by atoms with Crippen LogP contribution in [0, 0.1) is 0 Å². The van der Waals surface area contributed by atoms with Crippen LogP contribution >= 0.6 is 0 Å². The van der Waals surface area contributed by atoms with E-state index >= 15 is 0 Å². The minimum Gasteiger partial charge on any atom is -0.410 e. The summed E-state index contributed by atoms with van der Waals surface area (Å²) in [6.45, 7) is 1.95. The molecule has 23 heavy (non-hydrogen) atoms. The summed E-state index contributed by atoms with van der Waals surface area (Å²) in [6.07, 6.45) is 0.811. The molecule has 5 heteroatoms. The van der Waals surface area contributed by atoms with E-state index < -0.39 is 6.09 Å². The molecule has 2 aromatic rings. The van der Waals surface area contributed by atoms with Crippen molar-refractivity contribution in [2.75, 3.05) is 17.3 Å². The van der Waals surface area contributed by atoms with Gasteiger partial charge in [-0.15, -0.1) is 0 Å². The summed E-state index contributed by atoms with van der Waals surface area (Å²) < 4.78 is 5.31. The van der Waals surface area contributed by atoms with Gasteiger partial charge < -0.3 is 10.1 Å². The summed E-state index contributed by atoms with van der Waals surface area (Å²) in [5.41, 5.74) is 1.43. The van der Waals surface area contributed by atoms with Gasteiger partial charge in [0.25, 0.3) is 0 Å². The predicted molar refractivity (Wildman–Crippen MR) is 90.8 cm³/mol. The van der Waals surface area contributed by atoms with Gasteiger partial charge in [-0.1, -0.05) is 25.1 Å². The van der Waals surface area contributed by atoms with Crippen LogP contribution in [-0.2, 0) is 4.79 Å². The highest BCUT2D eigenvalue weighted by atomic mass is 16.6. The van der Waals surface area contributed by atoms with Gasteiger partial charge in [-0.3, -0.25) is 9.69 Å². The summed E-state index contributed by atoms with van der Waals surface area (Å²) in [4.78, 5) is 25.0. The number of ether oxygens (including phenoxy) is 1. The molecule has 0 bridgehead atoms. The van der Waals surface area contributed by atoms with E-state index in [1.807, 2.05) is 37.3 Å². The molecule has 0 aliphatic carbocycles. The summed E-state index contributed by atoms with van der Waals surface area (Å²) in [6, 6.07) is 16.0. The van der Waals surface area contributed by atoms with Gasteiger partial charge in [-0.05, 0) is 42.8 Å². The molecular formula is C18H20N2O3. The summed E-state index contributed by atoms with van der Waals surface area (Å²) in [5, 5.41) is 2.78. The molecule has 0 spiro atoms. The van der Waals surface area contributed by atoms with Crippen LogP contribution in [0.15, 0.2) is 54.6 Å². The van der Waals surface area contributed by atoms with Crippen LogP contribution in [0.4, 0.5) is 16.2 Å². The Morgan fingerprint density at radius 3 is 2.30 bits per heavy atom. The summed E-state index contributed by atoms with van der Waals surface area (Å²) in [7, 11) is 1.65. The molecule has 0 saturated carbocycles. The Morgan fingerprint density at radius 2 is 1.70 bits per heavy atom. The Morgan fingerprint density at radius 1 is 1.04 bits per heavy atom. The molecule has 1 N–H and O–H groups in total. The quantitative estimate of drug-likeness (QED) is 0.905. The van der Waals surface area contributed by atoms with Crippen molar-refractivity contribution in [2.24, 2.45) is 0 Å². The first-order valence-electron chi connectivity index (χ1n) is 7.50. The Hall–Kier alpha value is -2.82. The molecule has 5 nitrogen and oxygen atoms in total. The van der Waals surface area contributed by atoms with E-state index in [9.17, 15) is 9.59 Å². The molecule has 0 radical (unpaired) electrons. The minimum absolute atomic E-state index is 0.0268. The van der Waals surface area contributed by atoms with E-state index in [0.717, 1.165) is 12.1 Å². The third kappa shape index (κ3) is 4.85. The number of hydrogen-bond acceptors (Lipinski definition) is 3. The van der Waals surface area contributed by atoms with Gasteiger partial charge in [0.05, 0.1) is 0 Å². The molecule has 0 unspecified atom stereocenters. The second-order valence-corrected chi connectivity index (χ2v) is 5.09. The molecule has 0 aliphatic heterocycles. The Kier molecular flexibility index (Phi) is 5.74. The summed E-state index contributed by atoms with van der Waals surface area (Å²) >= 11 is 0. The fourth-order valence-corrected chi connectivity index (χ4v) is 1.98. The number of hydrogen-bond donors (Lipinski definition) is 1. The maximum Gasteiger partial charge on any atom is 0.419 e. The van der Waals surface area contributed by atoms with Crippen molar-refractivity contribution in [3.05, 3.63) is 54.6 Å². The van der Waals surface area contributed by atoms with Gasteiger partial charge in [0, 0.05) is 24.8 Å². The van der Waals surface area contributed by atoms with E-state index in [2.05, 4.69) is 5.32 Å². The number of rotatable bonds is 5. The highest BCUT2D eigenvalue weighted by molar-refractivity contribution is 5.91. The Labute approximate surface area is 135 Å². The maximum atomic E-state index is 12.1. The first-order valence-corrected chi connectivity index (χ1v) is 7.50. The lowest BCUT2D eigenvalue weighted by molar-refractivity contribution is -0.116. The number of carbonyl (C=O) groups excluding carboxylic acids is 2. The lowest BCUT2D eigenvalue weighted by Crippen LogP contribution is -2.29. The molecule has 2 aromatic carbocycles. The second-order valence-electron chi connectivity index (χ2n) is 5.09. The lowest BCUT2D eigenvalue weighted by Gasteiger charge is -2.16. The van der Waals surface area contributed by atoms with Crippen molar-refractivity contribution in [3.8, 4) is 5.75 Å². The fourth-order valence-electron chi connectivity index (χ4n) is 1.98. The number of nitrogens with one attached hydrogen (secondary N) is 1. The van der Waals surface area contributed by atoms with Crippen LogP contribution in [0.2, 0.25) is 0 Å². The van der Waals surface area contributed by atoms with Crippen LogP contribution in [0.5, 0.6) is 5.75 Å². The number of anilines is 2. The molecule has 0 aromatic heterocycles. The van der Waals surface area contributed by atoms with E-state index in [0.29, 0.717) is 17.9 Å².